The average Bonchev–Trinajstić information content (AvgIpc) is 2.86. The Morgan fingerprint density at radius 2 is 1.25 bits per heavy atom. The van der Waals surface area contributed by atoms with Crippen LogP contribution in [0.3, 0.4) is 0 Å². The third-order valence-corrected chi connectivity index (χ3v) is 5.95. The van der Waals surface area contributed by atoms with Gasteiger partial charge in [0.1, 0.15) is 25.9 Å². The number of ether oxygens (including phenoxy) is 1. The van der Waals surface area contributed by atoms with Crippen LogP contribution in [0.1, 0.15) is 58.3 Å². The standard InChI is InChI=1S/C30H50NO7P.Zn/c1-5-6-7-8-9-10-11-12-13-14-15-16-17-18-19-20-21-22-23-24-30(33)36-27-29(32)28-38-39(34,35)37-26-25-31(2,3)4;/h6-7,9-10,12-13,15-16,18-19,21-22,29,32H,5,8,11,14,17,20,23-28H2,1-4H3;/b7-6+,10-9+,13-12+,16-15+,19-18+,22-21+;. The molecule has 0 fully saturated rings. The molecule has 0 saturated heterocycles. The molecule has 0 bridgehead atoms. The van der Waals surface area contributed by atoms with Crippen LogP contribution in [0.4, 0.5) is 0 Å². The molecule has 0 rings (SSSR count). The zero-order valence-electron chi connectivity index (χ0n) is 25.0. The molecule has 0 aromatic rings. The smallest absolute Gasteiger partial charge is 0.306 e. The predicted octanol–water partition coefficient (Wildman–Crippen LogP) is 5.57. The van der Waals surface area contributed by atoms with Gasteiger partial charge in [-0.05, 0) is 44.9 Å². The van der Waals surface area contributed by atoms with Crippen LogP contribution in [-0.2, 0) is 42.6 Å². The van der Waals surface area contributed by atoms with Crippen LogP contribution < -0.4 is 4.89 Å². The van der Waals surface area contributed by atoms with E-state index in [1.54, 1.807) is 0 Å². The van der Waals surface area contributed by atoms with Crippen molar-refractivity contribution in [2.24, 2.45) is 0 Å². The molecule has 2 atom stereocenters. The molecule has 0 aliphatic heterocycles. The molecule has 2 unspecified atom stereocenters. The summed E-state index contributed by atoms with van der Waals surface area (Å²) in [5, 5.41) is 9.80. The van der Waals surface area contributed by atoms with E-state index in [1.807, 2.05) is 33.3 Å². The monoisotopic (exact) mass is 631 g/mol. The van der Waals surface area contributed by atoms with Crippen molar-refractivity contribution in [2.45, 2.75) is 64.4 Å². The second kappa shape index (κ2) is 26.5. The molecular formula is C30H50NO7PZn. The molecule has 0 heterocycles. The van der Waals surface area contributed by atoms with Crippen LogP contribution in [0, 0.1) is 0 Å². The topological polar surface area (TPSA) is 105 Å². The number of nitrogens with zero attached hydrogens (tertiary/aromatic N) is 1. The van der Waals surface area contributed by atoms with Gasteiger partial charge in [0, 0.05) is 25.9 Å². The first-order valence-corrected chi connectivity index (χ1v) is 15.2. The van der Waals surface area contributed by atoms with E-state index in [1.165, 1.54) is 0 Å². The van der Waals surface area contributed by atoms with Crippen molar-refractivity contribution in [2.75, 3.05) is 47.5 Å². The van der Waals surface area contributed by atoms with Gasteiger partial charge in [-0.1, -0.05) is 79.8 Å². The number of aliphatic hydroxyl groups excluding tert-OH is 1. The maximum Gasteiger partial charge on any atom is 0.306 e. The summed E-state index contributed by atoms with van der Waals surface area (Å²) in [5.74, 6) is -0.474. The number of rotatable bonds is 23. The van der Waals surface area contributed by atoms with Crippen molar-refractivity contribution in [1.29, 1.82) is 0 Å². The van der Waals surface area contributed by atoms with Crippen molar-refractivity contribution in [3.05, 3.63) is 72.9 Å². The van der Waals surface area contributed by atoms with Gasteiger partial charge in [-0.15, -0.1) is 0 Å². The predicted molar refractivity (Wildman–Crippen MR) is 157 cm³/mol. The molecule has 40 heavy (non-hydrogen) atoms. The Morgan fingerprint density at radius 1 is 0.800 bits per heavy atom. The Labute approximate surface area is 255 Å². The second-order valence-electron chi connectivity index (χ2n) is 9.88. The number of likely N-dealkylation sites (N-methyl/N-ethyl adjacent to an activating group) is 1. The maximum atomic E-state index is 11.8. The van der Waals surface area contributed by atoms with E-state index in [2.05, 4.69) is 72.2 Å². The van der Waals surface area contributed by atoms with Gasteiger partial charge >= 0.3 is 5.97 Å². The van der Waals surface area contributed by atoms with E-state index in [9.17, 15) is 19.4 Å². The maximum absolute atomic E-state index is 11.8. The molecule has 0 radical (unpaired) electrons. The second-order valence-corrected chi connectivity index (χ2v) is 11.3. The molecule has 1 N–H and O–H groups in total. The van der Waals surface area contributed by atoms with Crippen LogP contribution in [0.5, 0.6) is 0 Å². The molecule has 10 heteroatoms. The average molecular weight is 633 g/mol. The van der Waals surface area contributed by atoms with Crippen LogP contribution in [0.25, 0.3) is 0 Å². The van der Waals surface area contributed by atoms with Crippen molar-refractivity contribution >= 4 is 13.8 Å². The van der Waals surface area contributed by atoms with Crippen molar-refractivity contribution in [3.8, 4) is 0 Å². The molecule has 0 spiro atoms. The van der Waals surface area contributed by atoms with Gasteiger partial charge in [0.05, 0.1) is 27.7 Å². The van der Waals surface area contributed by atoms with Gasteiger partial charge in [-0.2, -0.15) is 0 Å². The summed E-state index contributed by atoms with van der Waals surface area (Å²) in [6.45, 7) is 1.71. The molecule has 8 nitrogen and oxygen atoms in total. The van der Waals surface area contributed by atoms with Crippen molar-refractivity contribution in [3.63, 3.8) is 0 Å². The van der Waals surface area contributed by atoms with Gasteiger partial charge in [0.25, 0.3) is 7.82 Å². The van der Waals surface area contributed by atoms with Crippen LogP contribution in [0.2, 0.25) is 0 Å². The molecule has 0 aromatic heterocycles. The van der Waals surface area contributed by atoms with Gasteiger partial charge in [0.2, 0.25) is 0 Å². The summed E-state index contributed by atoms with van der Waals surface area (Å²) in [6, 6.07) is 0. The number of phosphoric ester groups is 1. The number of carbonyl (C=O) groups is 1. The minimum Gasteiger partial charge on any atom is -0.756 e. The quantitative estimate of drug-likeness (QED) is 0.0516. The van der Waals surface area contributed by atoms with Crippen molar-refractivity contribution in [1.82, 2.24) is 0 Å². The van der Waals surface area contributed by atoms with Crippen LogP contribution in [-0.4, -0.2) is 69.2 Å². The third kappa shape index (κ3) is 31.1. The van der Waals surface area contributed by atoms with Crippen LogP contribution >= 0.6 is 7.82 Å². The Hall–Kier alpha value is -1.44. The van der Waals surface area contributed by atoms with E-state index < -0.39 is 26.5 Å². The fraction of sp³-hybridized carbons (Fsp3) is 0.567. The summed E-state index contributed by atoms with van der Waals surface area (Å²) in [4.78, 5) is 23.5. The summed E-state index contributed by atoms with van der Waals surface area (Å²) in [5.41, 5.74) is 0. The molecule has 0 aliphatic carbocycles. The van der Waals surface area contributed by atoms with E-state index in [-0.39, 0.29) is 39.1 Å². The van der Waals surface area contributed by atoms with E-state index >= 15 is 0 Å². The third-order valence-electron chi connectivity index (χ3n) is 4.98. The first-order chi connectivity index (χ1) is 18.6. The Balaban J connectivity index is 0. The number of esters is 1. The summed E-state index contributed by atoms with van der Waals surface area (Å²) in [7, 11) is 1.19. The van der Waals surface area contributed by atoms with Gasteiger partial charge in [0.15, 0.2) is 0 Å². The van der Waals surface area contributed by atoms with Gasteiger partial charge < -0.3 is 28.3 Å². The van der Waals surface area contributed by atoms with E-state index in [0.717, 1.165) is 38.5 Å². The van der Waals surface area contributed by atoms with Gasteiger partial charge in [-0.3, -0.25) is 9.36 Å². The SMILES string of the molecule is CC/C=C/C/C=C/C/C=C/C/C=C/C/C=C/C/C=C/CCC(=O)OCC(O)COP(=O)([O-])OCC[N+](C)(C)C.[Zn]. The number of aliphatic hydroxyl groups is 1. The Morgan fingerprint density at radius 3 is 1.70 bits per heavy atom. The molecule has 0 saturated carbocycles. The Bertz CT molecular complexity index is 861. The summed E-state index contributed by atoms with van der Waals surface area (Å²) in [6.07, 6.45) is 30.5. The number of hydrogen-bond acceptors (Lipinski definition) is 7. The normalized spacial score (nSPS) is 15.2. The first-order valence-electron chi connectivity index (χ1n) is 13.7. The first kappa shape index (κ1) is 40.7. The molecular weight excluding hydrogens is 583 g/mol. The zero-order chi connectivity index (χ0) is 29.2. The minimum atomic E-state index is -4.51. The van der Waals surface area contributed by atoms with Gasteiger partial charge in [-0.25, -0.2) is 0 Å². The van der Waals surface area contributed by atoms with E-state index in [4.69, 9.17) is 9.26 Å². The number of quaternary nitrogens is 1. The molecule has 224 valence electrons. The minimum absolute atomic E-state index is 0. The number of phosphoric acid groups is 1. The summed E-state index contributed by atoms with van der Waals surface area (Å²) < 4.78 is 26.6. The molecule has 0 aromatic carbocycles. The number of carbonyl (C=O) groups excluding carboxylic acids is 1. The largest absolute Gasteiger partial charge is 0.756 e. The summed E-state index contributed by atoms with van der Waals surface area (Å²) >= 11 is 0. The fourth-order valence-electron chi connectivity index (χ4n) is 2.79. The number of allylic oxidation sites excluding steroid dienone is 12. The van der Waals surface area contributed by atoms with E-state index in [0.29, 0.717) is 17.4 Å². The number of hydrogen-bond donors (Lipinski definition) is 1. The molecule has 0 aliphatic rings. The zero-order valence-corrected chi connectivity index (χ0v) is 28.9. The fourth-order valence-corrected chi connectivity index (χ4v) is 3.53. The van der Waals surface area contributed by atoms with Crippen LogP contribution in [0.15, 0.2) is 72.9 Å². The van der Waals surface area contributed by atoms with Crippen molar-refractivity contribution < 1.29 is 57.1 Å². The Kier molecular flexibility index (Phi) is 26.9. The molecule has 0 amide bonds.